The van der Waals surface area contributed by atoms with Crippen molar-refractivity contribution >= 4 is 12.4 Å². The van der Waals surface area contributed by atoms with E-state index in [9.17, 15) is 0 Å². The topological polar surface area (TPSA) is 32.3 Å². The lowest BCUT2D eigenvalue weighted by atomic mass is 9.78. The van der Waals surface area contributed by atoms with Crippen LogP contribution in [0, 0.1) is 5.92 Å². The van der Waals surface area contributed by atoms with Gasteiger partial charge < -0.3 is 10.4 Å². The first-order valence-electron chi connectivity index (χ1n) is 3.29. The van der Waals surface area contributed by atoms with Crippen molar-refractivity contribution in [3.05, 3.63) is 0 Å². The van der Waals surface area contributed by atoms with Crippen molar-refractivity contribution in [3.63, 3.8) is 0 Å². The summed E-state index contributed by atoms with van der Waals surface area (Å²) >= 11 is 0. The van der Waals surface area contributed by atoms with Crippen LogP contribution in [0.3, 0.4) is 0 Å². The van der Waals surface area contributed by atoms with E-state index in [0.29, 0.717) is 12.0 Å². The number of nitrogens with one attached hydrogen (secondary N) is 1. The van der Waals surface area contributed by atoms with Gasteiger partial charge in [0, 0.05) is 12.0 Å². The maximum atomic E-state index is 9.08. The first-order valence-corrected chi connectivity index (χ1v) is 3.29. The summed E-state index contributed by atoms with van der Waals surface area (Å²) in [7, 11) is 0. The van der Waals surface area contributed by atoms with E-state index in [2.05, 4.69) is 5.32 Å². The maximum Gasteiger partial charge on any atom is 0.0598 e. The summed E-state index contributed by atoms with van der Waals surface area (Å²) in [6.45, 7) is 1.12. The van der Waals surface area contributed by atoms with Crippen LogP contribution < -0.4 is 5.32 Å². The Labute approximate surface area is 61.0 Å². The van der Waals surface area contributed by atoms with Gasteiger partial charge >= 0.3 is 0 Å². The third kappa shape index (κ3) is 0.955. The molecule has 2 N–H and O–H groups in total. The Morgan fingerprint density at radius 3 is 2.67 bits per heavy atom. The van der Waals surface area contributed by atoms with Gasteiger partial charge in [0.05, 0.1) is 6.10 Å². The number of hydrogen-bond donors (Lipinski definition) is 2. The predicted molar refractivity (Wildman–Crippen MR) is 37.8 cm³/mol. The molecule has 0 aromatic carbocycles. The average Bonchev–Trinajstić information content (AvgIpc) is 2.09. The number of aliphatic hydroxyl groups is 1. The van der Waals surface area contributed by atoms with Crippen molar-refractivity contribution in [2.45, 2.75) is 25.0 Å². The van der Waals surface area contributed by atoms with Crippen molar-refractivity contribution in [2.24, 2.45) is 5.92 Å². The summed E-state index contributed by atoms with van der Waals surface area (Å²) in [4.78, 5) is 0. The number of hydrogen-bond acceptors (Lipinski definition) is 2. The van der Waals surface area contributed by atoms with E-state index in [1.54, 1.807) is 0 Å². The van der Waals surface area contributed by atoms with Gasteiger partial charge in [0.15, 0.2) is 0 Å². The molecule has 1 aliphatic heterocycles. The van der Waals surface area contributed by atoms with Crippen LogP contribution >= 0.6 is 12.4 Å². The summed E-state index contributed by atoms with van der Waals surface area (Å²) < 4.78 is 0. The Morgan fingerprint density at radius 2 is 2.22 bits per heavy atom. The number of rotatable bonds is 0. The molecule has 0 amide bonds. The first kappa shape index (κ1) is 7.32. The van der Waals surface area contributed by atoms with Gasteiger partial charge in [-0.05, 0) is 19.4 Å². The van der Waals surface area contributed by atoms with Crippen molar-refractivity contribution in [1.29, 1.82) is 0 Å². The van der Waals surface area contributed by atoms with Gasteiger partial charge in [0.1, 0.15) is 0 Å². The van der Waals surface area contributed by atoms with Gasteiger partial charge in [-0.3, -0.25) is 0 Å². The molecule has 2 fully saturated rings. The highest BCUT2D eigenvalue weighted by molar-refractivity contribution is 5.85. The second kappa shape index (κ2) is 2.45. The van der Waals surface area contributed by atoms with Crippen molar-refractivity contribution in [3.8, 4) is 0 Å². The molecule has 0 aromatic rings. The number of fused-ring (bicyclic) bond motifs is 1. The number of halogens is 1. The summed E-state index contributed by atoms with van der Waals surface area (Å²) in [5.74, 6) is 0.606. The Hall–Kier alpha value is 0.210. The van der Waals surface area contributed by atoms with Crippen LogP contribution in [0.15, 0.2) is 0 Å². The Balaban J connectivity index is 0.000000405. The predicted octanol–water partition coefficient (Wildman–Crippen LogP) is 0.151. The van der Waals surface area contributed by atoms with Crippen molar-refractivity contribution in [1.82, 2.24) is 5.32 Å². The number of aliphatic hydroxyl groups excluding tert-OH is 1. The third-order valence-corrected chi connectivity index (χ3v) is 2.39. The fourth-order valence-electron chi connectivity index (χ4n) is 1.75. The van der Waals surface area contributed by atoms with Crippen LogP contribution in [0.4, 0.5) is 0 Å². The quantitative estimate of drug-likeness (QED) is 0.514. The zero-order chi connectivity index (χ0) is 5.56. The van der Waals surface area contributed by atoms with Crippen molar-refractivity contribution in [2.75, 3.05) is 6.54 Å². The van der Waals surface area contributed by atoms with Crippen molar-refractivity contribution < 1.29 is 5.11 Å². The fourth-order valence-corrected chi connectivity index (χ4v) is 1.75. The highest BCUT2D eigenvalue weighted by Gasteiger charge is 2.42. The van der Waals surface area contributed by atoms with Crippen LogP contribution in [0.2, 0.25) is 0 Å². The van der Waals surface area contributed by atoms with Gasteiger partial charge in [-0.2, -0.15) is 0 Å². The summed E-state index contributed by atoms with van der Waals surface area (Å²) in [6.07, 6.45) is 2.20. The molecule has 0 radical (unpaired) electrons. The standard InChI is InChI=1S/C6H11NO.ClH/c8-6-3-5-4(6)1-2-7-5;/h4-8H,1-3H2;1H/t4-,5-,6+;/m1./s1. The molecule has 1 saturated heterocycles. The first-order chi connectivity index (χ1) is 3.88. The molecule has 2 aliphatic rings. The molecule has 3 heteroatoms. The average molecular weight is 150 g/mol. The van der Waals surface area contributed by atoms with E-state index in [1.165, 1.54) is 6.42 Å². The molecule has 9 heavy (non-hydrogen) atoms. The smallest absolute Gasteiger partial charge is 0.0598 e. The highest BCUT2D eigenvalue weighted by atomic mass is 35.5. The molecule has 1 saturated carbocycles. The Morgan fingerprint density at radius 1 is 1.44 bits per heavy atom. The van der Waals surface area contributed by atoms with E-state index in [0.717, 1.165) is 13.0 Å². The van der Waals surface area contributed by atoms with Gasteiger partial charge in [0.25, 0.3) is 0 Å². The summed E-state index contributed by atoms with van der Waals surface area (Å²) in [5, 5.41) is 12.4. The van der Waals surface area contributed by atoms with E-state index < -0.39 is 0 Å². The minimum absolute atomic E-state index is 0. The van der Waals surface area contributed by atoms with Gasteiger partial charge in [0.2, 0.25) is 0 Å². The lowest BCUT2D eigenvalue weighted by molar-refractivity contribution is 0.0130. The van der Waals surface area contributed by atoms with Crippen LogP contribution in [0.5, 0.6) is 0 Å². The van der Waals surface area contributed by atoms with Crippen LogP contribution in [-0.4, -0.2) is 23.8 Å². The molecule has 0 bridgehead atoms. The molecule has 0 spiro atoms. The zero-order valence-corrected chi connectivity index (χ0v) is 6.03. The van der Waals surface area contributed by atoms with E-state index in [1.807, 2.05) is 0 Å². The van der Waals surface area contributed by atoms with Crippen LogP contribution in [-0.2, 0) is 0 Å². The van der Waals surface area contributed by atoms with Gasteiger partial charge in [-0.15, -0.1) is 12.4 Å². The van der Waals surface area contributed by atoms with Gasteiger partial charge in [-0.25, -0.2) is 0 Å². The molecular weight excluding hydrogens is 138 g/mol. The minimum atomic E-state index is 0. The van der Waals surface area contributed by atoms with E-state index in [4.69, 9.17) is 5.11 Å². The third-order valence-electron chi connectivity index (χ3n) is 2.39. The normalized spacial score (nSPS) is 47.0. The molecular formula is C6H12ClNO. The molecule has 0 aromatic heterocycles. The van der Waals surface area contributed by atoms with Crippen LogP contribution in [0.1, 0.15) is 12.8 Å². The molecule has 2 nitrogen and oxygen atoms in total. The summed E-state index contributed by atoms with van der Waals surface area (Å²) in [6, 6.07) is 0.671. The second-order valence-corrected chi connectivity index (χ2v) is 2.82. The molecule has 3 atom stereocenters. The molecule has 54 valence electrons. The zero-order valence-electron chi connectivity index (χ0n) is 5.21. The molecule has 1 heterocycles. The van der Waals surface area contributed by atoms with Crippen LogP contribution in [0.25, 0.3) is 0 Å². The molecule has 2 rings (SSSR count). The lowest BCUT2D eigenvalue weighted by Crippen LogP contribution is -2.47. The summed E-state index contributed by atoms with van der Waals surface area (Å²) in [5.41, 5.74) is 0. The minimum Gasteiger partial charge on any atom is -0.393 e. The Kier molecular flexibility index (Phi) is 1.99. The fraction of sp³-hybridized carbons (Fsp3) is 1.00. The SMILES string of the molecule is Cl.O[C@H]1C[C@H]2NCC[C@@H]12. The van der Waals surface area contributed by atoms with Gasteiger partial charge in [-0.1, -0.05) is 0 Å². The highest BCUT2D eigenvalue weighted by Crippen LogP contribution is 2.34. The molecule has 1 aliphatic carbocycles. The molecule has 0 unspecified atom stereocenters. The maximum absolute atomic E-state index is 9.08. The van der Waals surface area contributed by atoms with E-state index >= 15 is 0 Å². The largest absolute Gasteiger partial charge is 0.393 e. The van der Waals surface area contributed by atoms with E-state index in [-0.39, 0.29) is 18.5 Å². The second-order valence-electron chi connectivity index (χ2n) is 2.82. The lowest BCUT2D eigenvalue weighted by Gasteiger charge is -2.35. The Bertz CT molecular complexity index is 109. The monoisotopic (exact) mass is 149 g/mol.